The lowest BCUT2D eigenvalue weighted by Gasteiger charge is -2.15. The van der Waals surface area contributed by atoms with E-state index in [0.717, 1.165) is 27.6 Å². The molecule has 1 unspecified atom stereocenters. The highest BCUT2D eigenvalue weighted by atomic mass is 32.2. The number of rotatable bonds is 8. The zero-order chi connectivity index (χ0) is 18.2. The Balaban J connectivity index is 1.95. The smallest absolute Gasteiger partial charge is 0.264 e. The van der Waals surface area contributed by atoms with Gasteiger partial charge in [-0.2, -0.15) is 5.26 Å². The van der Waals surface area contributed by atoms with E-state index < -0.39 is 0 Å². The van der Waals surface area contributed by atoms with E-state index in [-0.39, 0.29) is 12.5 Å². The van der Waals surface area contributed by atoms with Crippen LogP contribution in [0.15, 0.2) is 28.5 Å². The summed E-state index contributed by atoms with van der Waals surface area (Å²) in [7, 11) is 0. The van der Waals surface area contributed by atoms with Gasteiger partial charge >= 0.3 is 0 Å². The van der Waals surface area contributed by atoms with Gasteiger partial charge in [0.25, 0.3) is 5.91 Å². The zero-order valence-electron chi connectivity index (χ0n) is 14.5. The van der Waals surface area contributed by atoms with Crippen LogP contribution in [0.5, 0.6) is 5.75 Å². The highest BCUT2D eigenvalue weighted by Crippen LogP contribution is 2.32. The summed E-state index contributed by atoms with van der Waals surface area (Å²) < 4.78 is 6.66. The lowest BCUT2D eigenvalue weighted by atomic mass is 9.98. The average Bonchev–Trinajstić information content (AvgIpc) is 2.96. The second-order valence-electron chi connectivity index (χ2n) is 5.52. The van der Waals surface area contributed by atoms with Crippen LogP contribution in [-0.2, 0) is 4.79 Å². The summed E-state index contributed by atoms with van der Waals surface area (Å²) in [6, 6.07) is 9.89. The number of benzene rings is 1. The van der Waals surface area contributed by atoms with Crippen molar-refractivity contribution in [3.63, 3.8) is 0 Å². The second kappa shape index (κ2) is 9.44. The second-order valence-corrected chi connectivity index (χ2v) is 7.77. The SMILES string of the molecule is CCC(C)c1ccccc1OCC(=O)Nc1nc(C)c(SCC#N)s1. The molecule has 0 bridgehead atoms. The van der Waals surface area contributed by atoms with E-state index >= 15 is 0 Å². The number of ether oxygens (including phenoxy) is 1. The minimum Gasteiger partial charge on any atom is -0.483 e. The number of carbonyl (C=O) groups excluding carboxylic acids is 1. The normalized spacial score (nSPS) is 11.6. The molecule has 0 aliphatic rings. The number of aryl methyl sites for hydroxylation is 1. The van der Waals surface area contributed by atoms with Crippen molar-refractivity contribution in [2.75, 3.05) is 17.7 Å². The first-order chi connectivity index (χ1) is 12.0. The summed E-state index contributed by atoms with van der Waals surface area (Å²) in [5.74, 6) is 1.24. The predicted molar refractivity (Wildman–Crippen MR) is 102 cm³/mol. The van der Waals surface area contributed by atoms with E-state index in [4.69, 9.17) is 10.00 Å². The molecule has 0 saturated heterocycles. The number of nitrogens with one attached hydrogen (secondary N) is 1. The Morgan fingerprint density at radius 1 is 1.48 bits per heavy atom. The van der Waals surface area contributed by atoms with E-state index in [0.29, 0.717) is 16.8 Å². The average molecular weight is 376 g/mol. The first kappa shape index (κ1) is 19.3. The summed E-state index contributed by atoms with van der Waals surface area (Å²) >= 11 is 2.80. The fraction of sp³-hybridized carbons (Fsp3) is 0.389. The molecular formula is C18H21N3O2S2. The van der Waals surface area contributed by atoms with Crippen LogP contribution in [-0.4, -0.2) is 23.3 Å². The third-order valence-electron chi connectivity index (χ3n) is 3.69. The van der Waals surface area contributed by atoms with Gasteiger partial charge in [0.1, 0.15) is 5.75 Å². The van der Waals surface area contributed by atoms with Gasteiger partial charge in [0.15, 0.2) is 11.7 Å². The number of amides is 1. The number of carbonyl (C=O) groups is 1. The van der Waals surface area contributed by atoms with Crippen LogP contribution in [0.25, 0.3) is 0 Å². The van der Waals surface area contributed by atoms with E-state index in [1.165, 1.54) is 23.1 Å². The maximum absolute atomic E-state index is 12.1. The van der Waals surface area contributed by atoms with Crippen molar-refractivity contribution in [1.82, 2.24) is 4.98 Å². The number of hydrogen-bond acceptors (Lipinski definition) is 6. The first-order valence-electron chi connectivity index (χ1n) is 8.03. The van der Waals surface area contributed by atoms with E-state index in [9.17, 15) is 4.79 Å². The monoisotopic (exact) mass is 375 g/mol. The molecule has 0 aliphatic heterocycles. The lowest BCUT2D eigenvalue weighted by Crippen LogP contribution is -2.20. The van der Waals surface area contributed by atoms with Gasteiger partial charge in [-0.05, 0) is 30.9 Å². The largest absolute Gasteiger partial charge is 0.483 e. The quantitative estimate of drug-likeness (QED) is 0.683. The Bertz CT molecular complexity index is 768. The third-order valence-corrected chi connectivity index (χ3v) is 5.99. The highest BCUT2D eigenvalue weighted by Gasteiger charge is 2.13. The Morgan fingerprint density at radius 2 is 2.24 bits per heavy atom. The van der Waals surface area contributed by atoms with E-state index in [1.54, 1.807) is 0 Å². The Labute approximate surface area is 156 Å². The van der Waals surface area contributed by atoms with Gasteiger partial charge in [-0.25, -0.2) is 4.98 Å². The molecule has 5 nitrogen and oxygen atoms in total. The molecule has 0 aliphatic carbocycles. The minimum absolute atomic E-state index is 0.0628. The highest BCUT2D eigenvalue weighted by molar-refractivity contribution is 8.01. The minimum atomic E-state index is -0.246. The molecule has 0 radical (unpaired) electrons. The molecule has 0 saturated carbocycles. The van der Waals surface area contributed by atoms with E-state index in [1.807, 2.05) is 31.2 Å². The summed E-state index contributed by atoms with van der Waals surface area (Å²) in [5, 5.41) is 11.9. The van der Waals surface area contributed by atoms with Crippen molar-refractivity contribution in [2.24, 2.45) is 0 Å². The first-order valence-corrected chi connectivity index (χ1v) is 9.84. The van der Waals surface area contributed by atoms with Gasteiger partial charge in [0.05, 0.1) is 21.7 Å². The van der Waals surface area contributed by atoms with Gasteiger partial charge < -0.3 is 4.74 Å². The van der Waals surface area contributed by atoms with Gasteiger partial charge in [-0.15, -0.1) is 0 Å². The summed E-state index contributed by atoms with van der Waals surface area (Å²) in [6.45, 7) is 6.07. The molecule has 0 spiro atoms. The Morgan fingerprint density at radius 3 is 2.96 bits per heavy atom. The van der Waals surface area contributed by atoms with Crippen LogP contribution >= 0.6 is 23.1 Å². The fourth-order valence-electron chi connectivity index (χ4n) is 2.21. The zero-order valence-corrected chi connectivity index (χ0v) is 16.2. The molecule has 0 fully saturated rings. The van der Waals surface area contributed by atoms with Crippen LogP contribution in [0.3, 0.4) is 0 Å². The maximum Gasteiger partial charge on any atom is 0.264 e. The van der Waals surface area contributed by atoms with Crippen molar-refractivity contribution >= 4 is 34.1 Å². The molecule has 1 atom stereocenters. The fourth-order valence-corrected chi connectivity index (χ4v) is 4.02. The van der Waals surface area contributed by atoms with Crippen molar-refractivity contribution in [3.8, 4) is 11.8 Å². The van der Waals surface area contributed by atoms with Crippen molar-refractivity contribution < 1.29 is 9.53 Å². The van der Waals surface area contributed by atoms with E-state index in [2.05, 4.69) is 30.2 Å². The molecule has 2 aromatic rings. The number of para-hydroxylation sites is 1. The standard InChI is InChI=1S/C18H21N3O2S2/c1-4-12(2)14-7-5-6-8-15(14)23-11-16(22)21-18-20-13(3)17(25-18)24-10-9-19/h5-8,12H,4,10-11H2,1-3H3,(H,20,21,22). The molecule has 1 aromatic heterocycles. The number of anilines is 1. The topological polar surface area (TPSA) is 75.0 Å². The molecule has 2 rings (SSSR count). The number of nitrogens with zero attached hydrogens (tertiary/aromatic N) is 2. The molecule has 25 heavy (non-hydrogen) atoms. The summed E-state index contributed by atoms with van der Waals surface area (Å²) in [6.07, 6.45) is 1.01. The van der Waals surface area contributed by atoms with Crippen molar-refractivity contribution in [3.05, 3.63) is 35.5 Å². The molecule has 132 valence electrons. The predicted octanol–water partition coefficient (Wildman–Crippen LogP) is 4.60. The number of aromatic nitrogens is 1. The molecule has 1 heterocycles. The maximum atomic E-state index is 12.1. The molecule has 7 heteroatoms. The number of hydrogen-bond donors (Lipinski definition) is 1. The number of thiazole rings is 1. The van der Waals surface area contributed by atoms with Crippen LogP contribution in [0.4, 0.5) is 5.13 Å². The molecule has 1 N–H and O–H groups in total. The lowest BCUT2D eigenvalue weighted by molar-refractivity contribution is -0.118. The van der Waals surface area contributed by atoms with Gasteiger partial charge in [-0.3, -0.25) is 10.1 Å². The summed E-state index contributed by atoms with van der Waals surface area (Å²) in [5.41, 5.74) is 1.93. The number of thioether (sulfide) groups is 1. The van der Waals surface area contributed by atoms with Gasteiger partial charge in [0, 0.05) is 0 Å². The van der Waals surface area contributed by atoms with Crippen LogP contribution in [0, 0.1) is 18.3 Å². The Kier molecular flexibility index (Phi) is 7.29. The van der Waals surface area contributed by atoms with Crippen LogP contribution < -0.4 is 10.1 Å². The van der Waals surface area contributed by atoms with Gasteiger partial charge in [0.2, 0.25) is 0 Å². The van der Waals surface area contributed by atoms with Crippen molar-refractivity contribution in [1.29, 1.82) is 5.26 Å². The van der Waals surface area contributed by atoms with Crippen LogP contribution in [0.2, 0.25) is 0 Å². The van der Waals surface area contributed by atoms with Crippen LogP contribution in [0.1, 0.15) is 37.4 Å². The third kappa shape index (κ3) is 5.48. The molecule has 1 amide bonds. The Hall–Kier alpha value is -2.04. The van der Waals surface area contributed by atoms with Gasteiger partial charge in [-0.1, -0.05) is 55.1 Å². The molecular weight excluding hydrogens is 354 g/mol. The van der Waals surface area contributed by atoms with Crippen molar-refractivity contribution in [2.45, 2.75) is 37.3 Å². The number of nitriles is 1. The molecule has 1 aromatic carbocycles. The summed E-state index contributed by atoms with van der Waals surface area (Å²) in [4.78, 5) is 16.5.